The van der Waals surface area contributed by atoms with Crippen molar-refractivity contribution in [2.75, 3.05) is 25.5 Å². The molecule has 1 saturated heterocycles. The third-order valence-corrected chi connectivity index (χ3v) is 7.45. The number of quaternary nitrogens is 1. The molecule has 3 aromatic rings. The summed E-state index contributed by atoms with van der Waals surface area (Å²) in [5.41, 5.74) is 4.45. The van der Waals surface area contributed by atoms with Crippen LogP contribution >= 0.6 is 11.3 Å². The van der Waals surface area contributed by atoms with Crippen LogP contribution in [-0.2, 0) is 0 Å². The fourth-order valence-corrected chi connectivity index (χ4v) is 5.67. The fraction of sp³-hybridized carbons (Fsp3) is 0.346. The van der Waals surface area contributed by atoms with Crippen LogP contribution in [0, 0.1) is 13.8 Å². The van der Waals surface area contributed by atoms with Crippen LogP contribution in [0.5, 0.6) is 5.75 Å². The number of carbonyl (C=O) groups is 1. The maximum Gasteiger partial charge on any atom is 0.256 e. The predicted molar refractivity (Wildman–Crippen MR) is 128 cm³/mol. The van der Waals surface area contributed by atoms with E-state index >= 15 is 0 Å². The van der Waals surface area contributed by atoms with Gasteiger partial charge in [0.05, 0.1) is 25.8 Å². The number of hydrogen-bond acceptors (Lipinski definition) is 3. The van der Waals surface area contributed by atoms with Crippen molar-refractivity contribution in [3.05, 3.63) is 81.7 Å². The number of likely N-dealkylation sites (tertiary alicyclic amines) is 1. The molecule has 1 amide bonds. The average Bonchev–Trinajstić information content (AvgIpc) is 3.08. The van der Waals surface area contributed by atoms with E-state index in [4.69, 9.17) is 4.74 Å². The van der Waals surface area contributed by atoms with E-state index in [1.165, 1.54) is 40.8 Å². The topological polar surface area (TPSA) is 42.8 Å². The van der Waals surface area contributed by atoms with Crippen LogP contribution in [0.3, 0.4) is 0 Å². The van der Waals surface area contributed by atoms with Crippen molar-refractivity contribution >= 4 is 22.2 Å². The first kappa shape index (κ1) is 21.6. The molecule has 1 aliphatic rings. The first-order chi connectivity index (χ1) is 15.1. The van der Waals surface area contributed by atoms with Gasteiger partial charge in [-0.15, -0.1) is 11.3 Å². The highest BCUT2D eigenvalue weighted by Crippen LogP contribution is 2.39. The quantitative estimate of drug-likeness (QED) is 0.585. The lowest BCUT2D eigenvalue weighted by Crippen LogP contribution is -3.13. The largest absolute Gasteiger partial charge is 0.497 e. The van der Waals surface area contributed by atoms with Gasteiger partial charge >= 0.3 is 0 Å². The van der Waals surface area contributed by atoms with Crippen molar-refractivity contribution in [3.63, 3.8) is 0 Å². The summed E-state index contributed by atoms with van der Waals surface area (Å²) in [6, 6.07) is 18.0. The predicted octanol–water partition coefficient (Wildman–Crippen LogP) is 4.78. The lowest BCUT2D eigenvalue weighted by atomic mass is 9.93. The number of thiophene rings is 1. The molecule has 1 fully saturated rings. The van der Waals surface area contributed by atoms with Gasteiger partial charge in [0.15, 0.2) is 0 Å². The number of benzene rings is 2. The molecule has 2 aromatic carbocycles. The second-order valence-corrected chi connectivity index (χ2v) is 9.50. The molecule has 162 valence electrons. The Morgan fingerprint density at radius 3 is 2.48 bits per heavy atom. The van der Waals surface area contributed by atoms with Gasteiger partial charge in [-0.05, 0) is 62.9 Å². The average molecular weight is 436 g/mol. The van der Waals surface area contributed by atoms with Gasteiger partial charge in [0.2, 0.25) is 0 Å². The van der Waals surface area contributed by atoms with Gasteiger partial charge in [0.25, 0.3) is 5.91 Å². The maximum atomic E-state index is 13.0. The van der Waals surface area contributed by atoms with E-state index in [1.807, 2.05) is 36.4 Å². The standard InChI is InChI=1S/C26H30N2O2S/c1-18-19(2)31-26(27-25(29)20-11-6-4-7-12-20)23(18)24(28-15-8-5-9-16-28)21-13-10-14-22(17-21)30-3/h4,6-7,10-14,17,24H,5,8-9,15-16H2,1-3H3,(H,27,29)/p+1/t24-/m1/s1. The highest BCUT2D eigenvalue weighted by Gasteiger charge is 2.33. The summed E-state index contributed by atoms with van der Waals surface area (Å²) in [5.74, 6) is 0.819. The number of aryl methyl sites for hydroxylation is 1. The van der Waals surface area contributed by atoms with E-state index in [0.717, 1.165) is 23.8 Å². The van der Waals surface area contributed by atoms with Crippen molar-refractivity contribution in [3.8, 4) is 5.75 Å². The molecule has 0 bridgehead atoms. The highest BCUT2D eigenvalue weighted by atomic mass is 32.1. The molecule has 0 radical (unpaired) electrons. The molecule has 1 atom stereocenters. The number of amides is 1. The van der Waals surface area contributed by atoms with Crippen LogP contribution < -0.4 is 15.0 Å². The summed E-state index contributed by atoms with van der Waals surface area (Å²) in [7, 11) is 1.72. The summed E-state index contributed by atoms with van der Waals surface area (Å²) in [5, 5.41) is 4.21. The summed E-state index contributed by atoms with van der Waals surface area (Å²) in [4.78, 5) is 15.8. The van der Waals surface area contributed by atoms with Crippen molar-refractivity contribution < 1.29 is 14.4 Å². The lowest BCUT2D eigenvalue weighted by molar-refractivity contribution is -0.930. The van der Waals surface area contributed by atoms with E-state index in [-0.39, 0.29) is 11.9 Å². The van der Waals surface area contributed by atoms with E-state index in [2.05, 4.69) is 37.4 Å². The van der Waals surface area contributed by atoms with Crippen molar-refractivity contribution in [2.45, 2.75) is 39.2 Å². The van der Waals surface area contributed by atoms with Gasteiger partial charge in [-0.2, -0.15) is 0 Å². The third kappa shape index (κ3) is 4.68. The molecule has 0 spiro atoms. The first-order valence-corrected chi connectivity index (χ1v) is 11.8. The molecular weight excluding hydrogens is 404 g/mol. The second kappa shape index (κ2) is 9.67. The highest BCUT2D eigenvalue weighted by molar-refractivity contribution is 7.16. The zero-order valence-corrected chi connectivity index (χ0v) is 19.4. The summed E-state index contributed by atoms with van der Waals surface area (Å²) in [6.45, 7) is 6.62. The lowest BCUT2D eigenvalue weighted by Gasteiger charge is -2.33. The van der Waals surface area contributed by atoms with E-state index in [1.54, 1.807) is 23.3 Å². The second-order valence-electron chi connectivity index (χ2n) is 8.27. The molecular formula is C26H31N2O2S+. The van der Waals surface area contributed by atoms with Crippen LogP contribution in [0.4, 0.5) is 5.00 Å². The summed E-state index contributed by atoms with van der Waals surface area (Å²) < 4.78 is 5.54. The fourth-order valence-electron chi connectivity index (χ4n) is 4.57. The van der Waals surface area contributed by atoms with Gasteiger partial charge in [0, 0.05) is 16.0 Å². The Bertz CT molecular complexity index is 1040. The summed E-state index contributed by atoms with van der Waals surface area (Å²) >= 11 is 1.68. The smallest absolute Gasteiger partial charge is 0.256 e. The Labute approximate surface area is 188 Å². The van der Waals surface area contributed by atoms with Crippen molar-refractivity contribution in [1.82, 2.24) is 0 Å². The molecule has 5 heteroatoms. The normalized spacial score (nSPS) is 15.5. The third-order valence-electron chi connectivity index (χ3n) is 6.31. The maximum absolute atomic E-state index is 13.0. The van der Waals surface area contributed by atoms with Gasteiger partial charge in [-0.1, -0.05) is 30.3 Å². The minimum absolute atomic E-state index is 0.0545. The zero-order valence-electron chi connectivity index (χ0n) is 18.5. The minimum Gasteiger partial charge on any atom is -0.497 e. The number of carbonyl (C=O) groups excluding carboxylic acids is 1. The SMILES string of the molecule is COc1cccc([C@H](c2c(NC(=O)c3ccccc3)sc(C)c2C)[NH+]2CCCCC2)c1. The molecule has 4 rings (SSSR count). The Balaban J connectivity index is 1.78. The number of anilines is 1. The van der Waals surface area contributed by atoms with E-state index in [0.29, 0.717) is 5.56 Å². The molecule has 0 aliphatic carbocycles. The van der Waals surface area contributed by atoms with Crippen molar-refractivity contribution in [2.24, 2.45) is 0 Å². The van der Waals surface area contributed by atoms with Gasteiger partial charge in [0.1, 0.15) is 16.8 Å². The van der Waals surface area contributed by atoms with Gasteiger partial charge in [-0.3, -0.25) is 4.79 Å². The van der Waals surface area contributed by atoms with E-state index < -0.39 is 0 Å². The van der Waals surface area contributed by atoms with Crippen LogP contribution in [0.1, 0.15) is 57.2 Å². The molecule has 0 unspecified atom stereocenters. The molecule has 2 heterocycles. The van der Waals surface area contributed by atoms with Crippen LogP contribution in [-0.4, -0.2) is 26.1 Å². The van der Waals surface area contributed by atoms with Gasteiger partial charge in [-0.25, -0.2) is 0 Å². The van der Waals surface area contributed by atoms with Crippen LogP contribution in [0.2, 0.25) is 0 Å². The number of ether oxygens (including phenoxy) is 1. The Kier molecular flexibility index (Phi) is 6.73. The zero-order chi connectivity index (χ0) is 21.8. The Morgan fingerprint density at radius 2 is 1.77 bits per heavy atom. The number of hydrogen-bond donors (Lipinski definition) is 2. The first-order valence-electron chi connectivity index (χ1n) is 11.0. The van der Waals surface area contributed by atoms with Gasteiger partial charge < -0.3 is 15.0 Å². The molecule has 1 aliphatic heterocycles. The van der Waals surface area contributed by atoms with Crippen LogP contribution in [0.15, 0.2) is 54.6 Å². The molecule has 1 aromatic heterocycles. The number of rotatable bonds is 6. The number of nitrogens with one attached hydrogen (secondary N) is 2. The Hall–Kier alpha value is -2.63. The van der Waals surface area contributed by atoms with Crippen LogP contribution in [0.25, 0.3) is 0 Å². The molecule has 2 N–H and O–H groups in total. The molecule has 4 nitrogen and oxygen atoms in total. The number of piperidine rings is 1. The van der Waals surface area contributed by atoms with Crippen molar-refractivity contribution in [1.29, 1.82) is 0 Å². The molecule has 31 heavy (non-hydrogen) atoms. The monoisotopic (exact) mass is 435 g/mol. The Morgan fingerprint density at radius 1 is 1.03 bits per heavy atom. The number of methoxy groups -OCH3 is 1. The molecule has 0 saturated carbocycles. The van der Waals surface area contributed by atoms with E-state index in [9.17, 15) is 4.79 Å². The summed E-state index contributed by atoms with van der Waals surface area (Å²) in [6.07, 6.45) is 3.78. The minimum atomic E-state index is -0.0545.